The lowest BCUT2D eigenvalue weighted by molar-refractivity contribution is 0.0451. The van der Waals surface area contributed by atoms with Gasteiger partial charge in [0.1, 0.15) is 18.5 Å². The van der Waals surface area contributed by atoms with Crippen molar-refractivity contribution < 1.29 is 14.6 Å². The summed E-state index contributed by atoms with van der Waals surface area (Å²) in [7, 11) is 1.68. The lowest BCUT2D eigenvalue weighted by Crippen LogP contribution is -2.41. The van der Waals surface area contributed by atoms with Gasteiger partial charge < -0.3 is 20.3 Å². The van der Waals surface area contributed by atoms with E-state index in [9.17, 15) is 5.11 Å². The van der Waals surface area contributed by atoms with Crippen LogP contribution in [0.5, 0.6) is 5.75 Å². The maximum Gasteiger partial charge on any atom is 0.123 e. The predicted molar refractivity (Wildman–Crippen MR) is 84.4 cm³/mol. The van der Waals surface area contributed by atoms with Crippen molar-refractivity contribution >= 4 is 0 Å². The van der Waals surface area contributed by atoms with Crippen molar-refractivity contribution in [1.82, 2.24) is 4.90 Å². The van der Waals surface area contributed by atoms with Crippen LogP contribution in [0.15, 0.2) is 24.3 Å². The molecule has 0 amide bonds. The smallest absolute Gasteiger partial charge is 0.123 e. The third kappa shape index (κ3) is 6.44. The van der Waals surface area contributed by atoms with Crippen molar-refractivity contribution in [2.75, 3.05) is 33.4 Å². The molecule has 1 rings (SSSR count). The van der Waals surface area contributed by atoms with Crippen molar-refractivity contribution in [2.45, 2.75) is 32.5 Å². The molecular weight excluding hydrogens is 268 g/mol. The zero-order valence-electron chi connectivity index (χ0n) is 13.3. The molecule has 5 nitrogen and oxygen atoms in total. The number of rotatable bonds is 10. The highest BCUT2D eigenvalue weighted by molar-refractivity contribution is 5.32. The molecule has 0 fully saturated rings. The van der Waals surface area contributed by atoms with E-state index in [0.29, 0.717) is 25.7 Å². The Morgan fingerprint density at radius 2 is 2.00 bits per heavy atom. The molecule has 1 unspecified atom stereocenters. The topological polar surface area (TPSA) is 68.0 Å². The summed E-state index contributed by atoms with van der Waals surface area (Å²) < 4.78 is 10.8. The summed E-state index contributed by atoms with van der Waals surface area (Å²) >= 11 is 0. The first kappa shape index (κ1) is 17.9. The second-order valence-electron chi connectivity index (χ2n) is 5.36. The molecule has 0 aromatic heterocycles. The van der Waals surface area contributed by atoms with Crippen LogP contribution in [0, 0.1) is 0 Å². The van der Waals surface area contributed by atoms with Crippen LogP contribution in [0.25, 0.3) is 0 Å². The summed E-state index contributed by atoms with van der Waals surface area (Å²) in [5.41, 5.74) is 6.62. The molecule has 0 aliphatic carbocycles. The van der Waals surface area contributed by atoms with Crippen molar-refractivity contribution in [3.63, 3.8) is 0 Å². The SMILES string of the molecule is COCCN(CC(O)COc1ccccc1CN)C(C)C. The largest absolute Gasteiger partial charge is 0.491 e. The molecule has 0 radical (unpaired) electrons. The summed E-state index contributed by atoms with van der Waals surface area (Å²) in [6, 6.07) is 7.99. The first-order valence-electron chi connectivity index (χ1n) is 7.40. The number of aliphatic hydroxyl groups is 1. The highest BCUT2D eigenvalue weighted by Crippen LogP contribution is 2.17. The third-order valence-electron chi connectivity index (χ3n) is 3.38. The average molecular weight is 296 g/mol. The van der Waals surface area contributed by atoms with Gasteiger partial charge in [-0.3, -0.25) is 4.90 Å². The molecule has 0 heterocycles. The molecule has 1 aromatic carbocycles. The monoisotopic (exact) mass is 296 g/mol. The van der Waals surface area contributed by atoms with Crippen LogP contribution in [-0.2, 0) is 11.3 Å². The van der Waals surface area contributed by atoms with Gasteiger partial charge >= 0.3 is 0 Å². The number of hydrogen-bond donors (Lipinski definition) is 2. The Labute approximate surface area is 127 Å². The van der Waals surface area contributed by atoms with E-state index in [4.69, 9.17) is 15.2 Å². The van der Waals surface area contributed by atoms with Crippen LogP contribution in [0.4, 0.5) is 0 Å². The van der Waals surface area contributed by atoms with Gasteiger partial charge in [0, 0.05) is 38.3 Å². The van der Waals surface area contributed by atoms with E-state index in [0.717, 1.165) is 17.9 Å². The quantitative estimate of drug-likeness (QED) is 0.680. The number of nitrogens with two attached hydrogens (primary N) is 1. The summed E-state index contributed by atoms with van der Waals surface area (Å²) in [6.45, 7) is 6.91. The minimum absolute atomic E-state index is 0.257. The predicted octanol–water partition coefficient (Wildman–Crippen LogP) is 1.24. The molecular formula is C16H28N2O3. The maximum absolute atomic E-state index is 10.2. The Kier molecular flexibility index (Phi) is 8.30. The van der Waals surface area contributed by atoms with E-state index >= 15 is 0 Å². The average Bonchev–Trinajstić information content (AvgIpc) is 2.49. The van der Waals surface area contributed by atoms with Gasteiger partial charge in [-0.1, -0.05) is 18.2 Å². The number of methoxy groups -OCH3 is 1. The normalized spacial score (nSPS) is 12.9. The first-order chi connectivity index (χ1) is 10.1. The van der Waals surface area contributed by atoms with Crippen LogP contribution in [0.1, 0.15) is 19.4 Å². The minimum Gasteiger partial charge on any atom is -0.491 e. The molecule has 21 heavy (non-hydrogen) atoms. The standard InChI is InChI=1S/C16H28N2O3/c1-13(2)18(8-9-20-3)11-15(19)12-21-16-7-5-4-6-14(16)10-17/h4-7,13,15,19H,8-12,17H2,1-3H3. The van der Waals surface area contributed by atoms with Crippen LogP contribution < -0.4 is 10.5 Å². The molecule has 0 aliphatic rings. The zero-order valence-corrected chi connectivity index (χ0v) is 13.3. The lowest BCUT2D eigenvalue weighted by atomic mass is 10.2. The van der Waals surface area contributed by atoms with Gasteiger partial charge in [-0.15, -0.1) is 0 Å². The van der Waals surface area contributed by atoms with E-state index in [1.165, 1.54) is 0 Å². The summed E-state index contributed by atoms with van der Waals surface area (Å²) in [5, 5.41) is 10.2. The fourth-order valence-electron chi connectivity index (χ4n) is 2.09. The fourth-order valence-corrected chi connectivity index (χ4v) is 2.09. The van der Waals surface area contributed by atoms with E-state index in [1.807, 2.05) is 24.3 Å². The van der Waals surface area contributed by atoms with Crippen molar-refractivity contribution in [2.24, 2.45) is 5.73 Å². The zero-order chi connectivity index (χ0) is 15.7. The molecule has 0 bridgehead atoms. The van der Waals surface area contributed by atoms with Gasteiger partial charge in [-0.05, 0) is 19.9 Å². The second-order valence-corrected chi connectivity index (χ2v) is 5.36. The number of para-hydroxylation sites is 1. The number of hydrogen-bond acceptors (Lipinski definition) is 5. The lowest BCUT2D eigenvalue weighted by Gasteiger charge is -2.28. The molecule has 3 N–H and O–H groups in total. The summed E-state index contributed by atoms with van der Waals surface area (Å²) in [6.07, 6.45) is -0.546. The van der Waals surface area contributed by atoms with Gasteiger partial charge in [0.25, 0.3) is 0 Å². The number of ether oxygens (including phenoxy) is 2. The minimum atomic E-state index is -0.546. The van der Waals surface area contributed by atoms with Gasteiger partial charge in [-0.25, -0.2) is 0 Å². The Bertz CT molecular complexity index is 399. The van der Waals surface area contributed by atoms with Crippen LogP contribution in [-0.4, -0.2) is 55.6 Å². The summed E-state index contributed by atoms with van der Waals surface area (Å²) in [4.78, 5) is 2.17. The van der Waals surface area contributed by atoms with E-state index < -0.39 is 6.10 Å². The van der Waals surface area contributed by atoms with Crippen molar-refractivity contribution in [3.8, 4) is 5.75 Å². The number of benzene rings is 1. The maximum atomic E-state index is 10.2. The molecule has 1 atom stereocenters. The molecule has 0 saturated carbocycles. The Hall–Kier alpha value is -1.14. The summed E-state index contributed by atoms with van der Waals surface area (Å²) in [5.74, 6) is 0.743. The van der Waals surface area contributed by atoms with Gasteiger partial charge in [0.2, 0.25) is 0 Å². The number of aliphatic hydroxyl groups excluding tert-OH is 1. The number of nitrogens with zero attached hydrogens (tertiary/aromatic N) is 1. The first-order valence-corrected chi connectivity index (χ1v) is 7.40. The molecule has 0 aliphatic heterocycles. The van der Waals surface area contributed by atoms with E-state index in [-0.39, 0.29) is 6.61 Å². The molecule has 5 heteroatoms. The van der Waals surface area contributed by atoms with Crippen LogP contribution in [0.3, 0.4) is 0 Å². The van der Waals surface area contributed by atoms with Crippen LogP contribution in [0.2, 0.25) is 0 Å². The molecule has 120 valence electrons. The van der Waals surface area contributed by atoms with E-state index in [1.54, 1.807) is 7.11 Å². The Morgan fingerprint density at radius 1 is 1.29 bits per heavy atom. The second kappa shape index (κ2) is 9.73. The van der Waals surface area contributed by atoms with Crippen molar-refractivity contribution in [3.05, 3.63) is 29.8 Å². The Balaban J connectivity index is 2.46. The van der Waals surface area contributed by atoms with Gasteiger partial charge in [0.15, 0.2) is 0 Å². The fraction of sp³-hybridized carbons (Fsp3) is 0.625. The van der Waals surface area contributed by atoms with Crippen molar-refractivity contribution in [1.29, 1.82) is 0 Å². The molecule has 0 spiro atoms. The highest BCUT2D eigenvalue weighted by Gasteiger charge is 2.15. The van der Waals surface area contributed by atoms with Gasteiger partial charge in [-0.2, -0.15) is 0 Å². The highest BCUT2D eigenvalue weighted by atomic mass is 16.5. The van der Waals surface area contributed by atoms with Gasteiger partial charge in [0.05, 0.1) is 6.61 Å². The third-order valence-corrected chi connectivity index (χ3v) is 3.38. The van der Waals surface area contributed by atoms with E-state index in [2.05, 4.69) is 18.7 Å². The Morgan fingerprint density at radius 3 is 2.62 bits per heavy atom. The van der Waals surface area contributed by atoms with Crippen LogP contribution >= 0.6 is 0 Å². The molecule has 0 saturated heterocycles. The molecule has 1 aromatic rings.